The van der Waals surface area contributed by atoms with Gasteiger partial charge in [0.1, 0.15) is 5.15 Å². The Morgan fingerprint density at radius 3 is 2.70 bits per heavy atom. The second-order valence-corrected chi connectivity index (χ2v) is 5.50. The maximum absolute atomic E-state index is 11.6. The molecule has 0 aliphatic rings. The lowest BCUT2D eigenvalue weighted by atomic mass is 10.0. The Labute approximate surface area is 124 Å². The van der Waals surface area contributed by atoms with Crippen LogP contribution < -0.4 is 5.32 Å². The number of aromatic nitrogens is 2. The van der Waals surface area contributed by atoms with Crippen molar-refractivity contribution in [3.63, 3.8) is 0 Å². The maximum atomic E-state index is 11.6. The Hall–Kier alpha value is -1.33. The normalized spacial score (nSPS) is 13.2. The highest BCUT2D eigenvalue weighted by Gasteiger charge is 2.10. The van der Waals surface area contributed by atoms with Crippen LogP contribution in [0.1, 0.15) is 31.5 Å². The fraction of sp³-hybridized carbons (Fsp3) is 0.571. The molecule has 5 nitrogen and oxygen atoms in total. The summed E-state index contributed by atoms with van der Waals surface area (Å²) in [4.78, 5) is 11.6. The molecule has 0 radical (unpaired) electrons. The van der Waals surface area contributed by atoms with Gasteiger partial charge in [-0.25, -0.2) is 0 Å². The summed E-state index contributed by atoms with van der Waals surface area (Å²) in [6.07, 6.45) is 3.23. The number of aryl methyl sites for hydroxylation is 2. The molecular formula is C14H22ClN3O2. The van der Waals surface area contributed by atoms with E-state index in [0.29, 0.717) is 18.1 Å². The molecule has 1 heterocycles. The first-order valence-corrected chi connectivity index (χ1v) is 7.03. The quantitative estimate of drug-likeness (QED) is 0.789. The Morgan fingerprint density at radius 1 is 1.55 bits per heavy atom. The number of nitrogens with one attached hydrogen (secondary N) is 1. The second-order valence-electron chi connectivity index (χ2n) is 5.14. The molecule has 1 unspecified atom stereocenters. The minimum absolute atomic E-state index is 0.194. The van der Waals surface area contributed by atoms with E-state index in [-0.39, 0.29) is 11.8 Å². The van der Waals surface area contributed by atoms with Crippen LogP contribution in [0.5, 0.6) is 0 Å². The molecule has 0 fully saturated rings. The standard InChI is InChI=1S/C14H22ClN3O2/c1-9(2)12(19)7-8-16-13(20)6-5-11-10(3)17-18(4)14(11)15/h5-6,9,12,19H,7-8H2,1-4H3,(H,16,20). The molecule has 0 aromatic carbocycles. The van der Waals surface area contributed by atoms with Gasteiger partial charge in [0.25, 0.3) is 0 Å². The van der Waals surface area contributed by atoms with Crippen LogP contribution >= 0.6 is 11.6 Å². The third-order valence-electron chi connectivity index (χ3n) is 3.11. The van der Waals surface area contributed by atoms with Crippen molar-refractivity contribution in [3.05, 3.63) is 22.5 Å². The van der Waals surface area contributed by atoms with Gasteiger partial charge in [0.2, 0.25) is 5.91 Å². The van der Waals surface area contributed by atoms with Crippen LogP contribution in [0.25, 0.3) is 6.08 Å². The van der Waals surface area contributed by atoms with Crippen molar-refractivity contribution in [3.8, 4) is 0 Å². The van der Waals surface area contributed by atoms with Gasteiger partial charge in [0, 0.05) is 25.2 Å². The molecule has 2 N–H and O–H groups in total. The van der Waals surface area contributed by atoms with Crippen LogP contribution in [0.2, 0.25) is 5.15 Å². The van der Waals surface area contributed by atoms with Gasteiger partial charge in [-0.3, -0.25) is 9.48 Å². The van der Waals surface area contributed by atoms with Gasteiger partial charge in [0.05, 0.1) is 11.8 Å². The Kier molecular flexibility index (Phi) is 6.23. The zero-order valence-corrected chi connectivity index (χ0v) is 13.1. The van der Waals surface area contributed by atoms with Gasteiger partial charge >= 0.3 is 0 Å². The molecule has 1 aromatic heterocycles. The molecule has 1 aromatic rings. The van der Waals surface area contributed by atoms with E-state index in [4.69, 9.17) is 11.6 Å². The monoisotopic (exact) mass is 299 g/mol. The molecule has 1 amide bonds. The molecule has 6 heteroatoms. The number of nitrogens with zero attached hydrogens (tertiary/aromatic N) is 2. The summed E-state index contributed by atoms with van der Waals surface area (Å²) < 4.78 is 1.56. The number of aliphatic hydroxyl groups is 1. The molecule has 1 rings (SSSR count). The molecule has 1 atom stereocenters. The van der Waals surface area contributed by atoms with E-state index in [1.54, 1.807) is 17.8 Å². The smallest absolute Gasteiger partial charge is 0.244 e. The SMILES string of the molecule is Cc1nn(C)c(Cl)c1C=CC(=O)NCCC(O)C(C)C. The summed E-state index contributed by atoms with van der Waals surface area (Å²) in [5, 5.41) is 17.0. The molecular weight excluding hydrogens is 278 g/mol. The van der Waals surface area contributed by atoms with Crippen LogP contribution in [0.3, 0.4) is 0 Å². The number of rotatable bonds is 6. The van der Waals surface area contributed by atoms with Gasteiger partial charge in [0.15, 0.2) is 0 Å². The predicted molar refractivity (Wildman–Crippen MR) is 80.5 cm³/mol. The average molecular weight is 300 g/mol. The molecule has 0 aliphatic heterocycles. The van der Waals surface area contributed by atoms with E-state index < -0.39 is 6.10 Å². The van der Waals surface area contributed by atoms with Crippen molar-refractivity contribution in [1.82, 2.24) is 15.1 Å². The second kappa shape index (κ2) is 7.45. The van der Waals surface area contributed by atoms with E-state index in [2.05, 4.69) is 10.4 Å². The van der Waals surface area contributed by atoms with Gasteiger partial charge < -0.3 is 10.4 Å². The van der Waals surface area contributed by atoms with Crippen molar-refractivity contribution in [2.75, 3.05) is 6.54 Å². The fourth-order valence-corrected chi connectivity index (χ4v) is 1.97. The van der Waals surface area contributed by atoms with E-state index in [0.717, 1.165) is 11.3 Å². The van der Waals surface area contributed by atoms with Crippen LogP contribution in [0.15, 0.2) is 6.08 Å². The zero-order chi connectivity index (χ0) is 15.3. The van der Waals surface area contributed by atoms with Crippen molar-refractivity contribution in [1.29, 1.82) is 0 Å². The van der Waals surface area contributed by atoms with Crippen LogP contribution in [0, 0.1) is 12.8 Å². The topological polar surface area (TPSA) is 67.2 Å². The van der Waals surface area contributed by atoms with E-state index >= 15 is 0 Å². The lowest BCUT2D eigenvalue weighted by Gasteiger charge is -2.13. The lowest BCUT2D eigenvalue weighted by molar-refractivity contribution is -0.116. The van der Waals surface area contributed by atoms with Gasteiger partial charge in [-0.05, 0) is 25.3 Å². The van der Waals surface area contributed by atoms with Crippen molar-refractivity contribution in [2.24, 2.45) is 13.0 Å². The van der Waals surface area contributed by atoms with E-state index in [1.807, 2.05) is 20.8 Å². The summed E-state index contributed by atoms with van der Waals surface area (Å²) in [7, 11) is 1.75. The summed E-state index contributed by atoms with van der Waals surface area (Å²) in [6.45, 7) is 6.17. The molecule has 0 spiro atoms. The molecule has 0 saturated heterocycles. The zero-order valence-electron chi connectivity index (χ0n) is 12.4. The highest BCUT2D eigenvalue weighted by atomic mass is 35.5. The molecule has 112 valence electrons. The minimum Gasteiger partial charge on any atom is -0.393 e. The van der Waals surface area contributed by atoms with Crippen LogP contribution in [-0.4, -0.2) is 33.4 Å². The number of carbonyl (C=O) groups is 1. The molecule has 0 aliphatic carbocycles. The number of hydrogen-bond donors (Lipinski definition) is 2. The first-order valence-electron chi connectivity index (χ1n) is 6.66. The number of aliphatic hydroxyl groups excluding tert-OH is 1. The highest BCUT2D eigenvalue weighted by molar-refractivity contribution is 6.31. The predicted octanol–water partition coefficient (Wildman–Crippen LogP) is 1.92. The summed E-state index contributed by atoms with van der Waals surface area (Å²) in [6, 6.07) is 0. The Morgan fingerprint density at radius 2 is 2.20 bits per heavy atom. The van der Waals surface area contributed by atoms with Crippen LogP contribution in [-0.2, 0) is 11.8 Å². The molecule has 0 bridgehead atoms. The number of hydrogen-bond acceptors (Lipinski definition) is 3. The highest BCUT2D eigenvalue weighted by Crippen LogP contribution is 2.19. The lowest BCUT2D eigenvalue weighted by Crippen LogP contribution is -2.27. The largest absolute Gasteiger partial charge is 0.393 e. The first-order chi connectivity index (χ1) is 9.32. The first kappa shape index (κ1) is 16.7. The average Bonchev–Trinajstić information content (AvgIpc) is 2.61. The number of amides is 1. The van der Waals surface area contributed by atoms with Crippen LogP contribution in [0.4, 0.5) is 0 Å². The van der Waals surface area contributed by atoms with Gasteiger partial charge in [-0.15, -0.1) is 0 Å². The van der Waals surface area contributed by atoms with E-state index in [9.17, 15) is 9.90 Å². The van der Waals surface area contributed by atoms with Gasteiger partial charge in [-0.1, -0.05) is 25.4 Å². The third kappa shape index (κ3) is 4.65. The van der Waals surface area contributed by atoms with Gasteiger partial charge in [-0.2, -0.15) is 5.10 Å². The number of carbonyl (C=O) groups excluding carboxylic acids is 1. The summed E-state index contributed by atoms with van der Waals surface area (Å²) in [5.74, 6) is -0.0143. The fourth-order valence-electron chi connectivity index (χ4n) is 1.73. The van der Waals surface area contributed by atoms with E-state index in [1.165, 1.54) is 6.08 Å². The third-order valence-corrected chi connectivity index (χ3v) is 3.55. The van der Waals surface area contributed by atoms with Crippen molar-refractivity contribution in [2.45, 2.75) is 33.3 Å². The van der Waals surface area contributed by atoms with Crippen molar-refractivity contribution >= 4 is 23.6 Å². The minimum atomic E-state index is -0.394. The molecule has 0 saturated carbocycles. The summed E-state index contributed by atoms with van der Waals surface area (Å²) in [5.41, 5.74) is 1.52. The Balaban J connectivity index is 2.48. The maximum Gasteiger partial charge on any atom is 0.244 e. The molecule has 20 heavy (non-hydrogen) atoms. The number of halogens is 1. The Bertz CT molecular complexity index is 495. The summed E-state index contributed by atoms with van der Waals surface area (Å²) >= 11 is 6.06. The van der Waals surface area contributed by atoms with Crippen molar-refractivity contribution < 1.29 is 9.90 Å².